The zero-order chi connectivity index (χ0) is 23.7. The van der Waals surface area contributed by atoms with Gasteiger partial charge in [0.05, 0.1) is 24.0 Å². The SMILES string of the molecule is CCCCc1nn2c(-c3cccc(F)c3)cc(N3CCC[C@H]3CO)nc2c1-c1ccc(C)cc1. The molecule has 1 N–H and O–H groups in total. The third kappa shape index (κ3) is 4.18. The number of hydrogen-bond donors (Lipinski definition) is 1. The number of anilines is 1. The van der Waals surface area contributed by atoms with Crippen LogP contribution in [0.1, 0.15) is 43.9 Å². The second kappa shape index (κ2) is 9.55. The van der Waals surface area contributed by atoms with Crippen LogP contribution in [0.3, 0.4) is 0 Å². The van der Waals surface area contributed by atoms with Crippen LogP contribution in [0.4, 0.5) is 10.2 Å². The predicted octanol–water partition coefficient (Wildman–Crippen LogP) is 5.81. The van der Waals surface area contributed by atoms with Gasteiger partial charge in [-0.05, 0) is 50.3 Å². The van der Waals surface area contributed by atoms with Gasteiger partial charge in [-0.15, -0.1) is 0 Å². The Hall–Kier alpha value is -3.25. The summed E-state index contributed by atoms with van der Waals surface area (Å²) in [6.07, 6.45) is 4.90. The number of unbranched alkanes of at least 4 members (excludes halogenated alkanes) is 1. The molecule has 0 unspecified atom stereocenters. The van der Waals surface area contributed by atoms with Crippen molar-refractivity contribution in [2.24, 2.45) is 0 Å². The molecular formula is C28H31FN4O. The highest BCUT2D eigenvalue weighted by atomic mass is 19.1. The van der Waals surface area contributed by atoms with E-state index in [1.165, 1.54) is 11.6 Å². The number of aryl methyl sites for hydroxylation is 2. The van der Waals surface area contributed by atoms with Crippen molar-refractivity contribution in [1.29, 1.82) is 0 Å². The van der Waals surface area contributed by atoms with E-state index in [1.54, 1.807) is 12.1 Å². The molecule has 0 saturated carbocycles. The van der Waals surface area contributed by atoms with Crippen LogP contribution in [-0.4, -0.2) is 38.9 Å². The maximum atomic E-state index is 14.2. The highest BCUT2D eigenvalue weighted by molar-refractivity contribution is 5.83. The molecule has 1 fully saturated rings. The van der Waals surface area contributed by atoms with Crippen LogP contribution in [-0.2, 0) is 6.42 Å². The van der Waals surface area contributed by atoms with E-state index in [0.29, 0.717) is 0 Å². The van der Waals surface area contributed by atoms with E-state index >= 15 is 0 Å². The normalized spacial score (nSPS) is 16.0. The summed E-state index contributed by atoms with van der Waals surface area (Å²) in [5, 5.41) is 15.0. The summed E-state index contributed by atoms with van der Waals surface area (Å²) >= 11 is 0. The van der Waals surface area contributed by atoms with Gasteiger partial charge < -0.3 is 10.0 Å². The minimum Gasteiger partial charge on any atom is -0.394 e. The first-order valence-electron chi connectivity index (χ1n) is 12.2. The summed E-state index contributed by atoms with van der Waals surface area (Å²) in [4.78, 5) is 7.29. The first-order valence-corrected chi connectivity index (χ1v) is 12.2. The second-order valence-corrected chi connectivity index (χ2v) is 9.21. The van der Waals surface area contributed by atoms with Gasteiger partial charge in [-0.2, -0.15) is 5.10 Å². The topological polar surface area (TPSA) is 53.7 Å². The Morgan fingerprint density at radius 2 is 1.91 bits per heavy atom. The number of aliphatic hydroxyl groups is 1. The Kier molecular flexibility index (Phi) is 6.33. The van der Waals surface area contributed by atoms with Crippen molar-refractivity contribution in [2.75, 3.05) is 18.1 Å². The van der Waals surface area contributed by atoms with Crippen LogP contribution in [0.2, 0.25) is 0 Å². The lowest BCUT2D eigenvalue weighted by atomic mass is 10.0. The van der Waals surface area contributed by atoms with Gasteiger partial charge in [0.15, 0.2) is 5.65 Å². The molecule has 6 heteroatoms. The number of fused-ring (bicyclic) bond motifs is 1. The largest absolute Gasteiger partial charge is 0.394 e. The Labute approximate surface area is 199 Å². The minimum absolute atomic E-state index is 0.0422. The maximum Gasteiger partial charge on any atom is 0.166 e. The van der Waals surface area contributed by atoms with Gasteiger partial charge in [0.25, 0.3) is 0 Å². The number of hydrogen-bond acceptors (Lipinski definition) is 4. The fourth-order valence-corrected chi connectivity index (χ4v) is 4.91. The van der Waals surface area contributed by atoms with Crippen molar-refractivity contribution in [2.45, 2.75) is 52.0 Å². The number of rotatable bonds is 7. The van der Waals surface area contributed by atoms with Gasteiger partial charge in [0.2, 0.25) is 0 Å². The average molecular weight is 459 g/mol. The van der Waals surface area contributed by atoms with Gasteiger partial charge in [-0.1, -0.05) is 55.3 Å². The first kappa shape index (κ1) is 22.5. The van der Waals surface area contributed by atoms with Crippen LogP contribution < -0.4 is 4.90 Å². The molecule has 0 spiro atoms. The molecule has 2 aromatic carbocycles. The van der Waals surface area contributed by atoms with Crippen molar-refractivity contribution >= 4 is 11.5 Å². The molecule has 0 aliphatic carbocycles. The highest BCUT2D eigenvalue weighted by Gasteiger charge is 2.27. The highest BCUT2D eigenvalue weighted by Crippen LogP contribution is 2.35. The van der Waals surface area contributed by atoms with Gasteiger partial charge >= 0.3 is 0 Å². The number of benzene rings is 2. The van der Waals surface area contributed by atoms with Gasteiger partial charge in [-0.3, -0.25) is 0 Å². The van der Waals surface area contributed by atoms with E-state index in [1.807, 2.05) is 16.6 Å². The third-order valence-corrected chi connectivity index (χ3v) is 6.76. The Morgan fingerprint density at radius 3 is 2.65 bits per heavy atom. The molecule has 1 atom stereocenters. The average Bonchev–Trinajstić information content (AvgIpc) is 3.47. The summed E-state index contributed by atoms with van der Waals surface area (Å²) in [6.45, 7) is 5.19. The number of nitrogens with zero attached hydrogens (tertiary/aromatic N) is 4. The molecular weight excluding hydrogens is 427 g/mol. The third-order valence-electron chi connectivity index (χ3n) is 6.76. The summed E-state index contributed by atoms with van der Waals surface area (Å²) in [5.74, 6) is 0.522. The second-order valence-electron chi connectivity index (χ2n) is 9.21. The molecule has 0 radical (unpaired) electrons. The Balaban J connectivity index is 1.79. The molecule has 0 bridgehead atoms. The van der Waals surface area contributed by atoms with Crippen molar-refractivity contribution < 1.29 is 9.50 Å². The standard InChI is InChI=1S/C28H31FN4O/c1-3-4-10-24-27(20-13-11-19(2)12-14-20)28-30-26(32-15-6-9-23(32)18-34)17-25(33(28)31-24)21-7-5-8-22(29)16-21/h5,7-8,11-14,16-17,23,34H,3-4,6,9-10,15,18H2,1-2H3/t23-/m0/s1. The predicted molar refractivity (Wildman–Crippen MR) is 135 cm³/mol. The molecule has 1 aliphatic rings. The molecule has 1 aliphatic heterocycles. The molecule has 5 nitrogen and oxygen atoms in total. The van der Waals surface area contributed by atoms with Crippen LogP contribution in [0, 0.1) is 12.7 Å². The van der Waals surface area contributed by atoms with Crippen LogP contribution >= 0.6 is 0 Å². The maximum absolute atomic E-state index is 14.2. The smallest absolute Gasteiger partial charge is 0.166 e. The van der Waals surface area contributed by atoms with Crippen LogP contribution in [0.15, 0.2) is 54.6 Å². The number of aliphatic hydroxyl groups excluding tert-OH is 1. The molecule has 0 amide bonds. The number of aromatic nitrogens is 3. The lowest BCUT2D eigenvalue weighted by molar-refractivity contribution is 0.266. The zero-order valence-corrected chi connectivity index (χ0v) is 19.8. The van der Waals surface area contributed by atoms with Gasteiger partial charge in [-0.25, -0.2) is 13.9 Å². The van der Waals surface area contributed by atoms with Crippen molar-refractivity contribution in [3.63, 3.8) is 0 Å². The first-order chi connectivity index (χ1) is 16.6. The van der Waals surface area contributed by atoms with E-state index in [4.69, 9.17) is 10.1 Å². The summed E-state index contributed by atoms with van der Waals surface area (Å²) in [7, 11) is 0. The monoisotopic (exact) mass is 458 g/mol. The van der Waals surface area contributed by atoms with E-state index in [9.17, 15) is 9.50 Å². The van der Waals surface area contributed by atoms with Crippen LogP contribution in [0.25, 0.3) is 28.0 Å². The quantitative estimate of drug-likeness (QED) is 0.379. The van der Waals surface area contributed by atoms with Crippen molar-refractivity contribution in [3.05, 3.63) is 71.7 Å². The van der Waals surface area contributed by atoms with E-state index < -0.39 is 0 Å². The lowest BCUT2D eigenvalue weighted by Crippen LogP contribution is -2.32. The molecule has 2 aromatic heterocycles. The molecule has 5 rings (SSSR count). The van der Waals surface area contributed by atoms with Gasteiger partial charge in [0, 0.05) is 23.7 Å². The Morgan fingerprint density at radius 1 is 1.09 bits per heavy atom. The minimum atomic E-state index is -0.282. The summed E-state index contributed by atoms with van der Waals surface area (Å²) < 4.78 is 16.1. The van der Waals surface area contributed by atoms with Crippen molar-refractivity contribution in [1.82, 2.24) is 14.6 Å². The number of halogens is 1. The summed E-state index contributed by atoms with van der Waals surface area (Å²) in [6, 6.07) is 17.2. The van der Waals surface area contributed by atoms with E-state index in [2.05, 4.69) is 43.0 Å². The van der Waals surface area contributed by atoms with E-state index in [-0.39, 0.29) is 18.5 Å². The fourth-order valence-electron chi connectivity index (χ4n) is 4.91. The van der Waals surface area contributed by atoms with Gasteiger partial charge in [0.1, 0.15) is 11.6 Å². The zero-order valence-electron chi connectivity index (χ0n) is 19.8. The van der Waals surface area contributed by atoms with E-state index in [0.717, 1.165) is 78.2 Å². The van der Waals surface area contributed by atoms with Crippen molar-refractivity contribution in [3.8, 4) is 22.4 Å². The molecule has 1 saturated heterocycles. The lowest BCUT2D eigenvalue weighted by Gasteiger charge is -2.25. The Bertz CT molecular complexity index is 1300. The molecule has 34 heavy (non-hydrogen) atoms. The summed E-state index contributed by atoms with van der Waals surface area (Å²) in [5.41, 5.74) is 6.66. The molecule has 176 valence electrons. The van der Waals surface area contributed by atoms with Crippen LogP contribution in [0.5, 0.6) is 0 Å². The fraction of sp³-hybridized carbons (Fsp3) is 0.357. The molecule has 4 aromatic rings. The molecule has 3 heterocycles.